The van der Waals surface area contributed by atoms with Gasteiger partial charge in [0.05, 0.1) is 4.88 Å². The molecule has 3 N–H and O–H groups in total. The van der Waals surface area contributed by atoms with Gasteiger partial charge < -0.3 is 0 Å². The fourth-order valence-electron chi connectivity index (χ4n) is 2.64. The fourth-order valence-corrected chi connectivity index (χ4v) is 3.58. The van der Waals surface area contributed by atoms with Crippen LogP contribution in [0.25, 0.3) is 0 Å². The van der Waals surface area contributed by atoms with Crippen molar-refractivity contribution in [2.45, 2.75) is 45.7 Å². The molecule has 1 saturated heterocycles. The molecule has 1 aromatic rings. The van der Waals surface area contributed by atoms with Crippen LogP contribution in [0.4, 0.5) is 0 Å². The van der Waals surface area contributed by atoms with Gasteiger partial charge in [0, 0.05) is 17.5 Å². The third-order valence-corrected chi connectivity index (χ3v) is 4.81. The van der Waals surface area contributed by atoms with Crippen LogP contribution in [0.1, 0.15) is 46.3 Å². The van der Waals surface area contributed by atoms with Crippen molar-refractivity contribution in [3.05, 3.63) is 21.4 Å². The van der Waals surface area contributed by atoms with Gasteiger partial charge in [0.2, 0.25) is 0 Å². The molecule has 1 aliphatic heterocycles. The number of carbonyl (C=O) groups excluding carboxylic acids is 1. The predicted molar refractivity (Wildman–Crippen MR) is 74.4 cm³/mol. The number of nitrogens with zero attached hydrogens (tertiary/aromatic N) is 1. The lowest BCUT2D eigenvalue weighted by atomic mass is 10.1. The number of likely N-dealkylation sites (tertiary alicyclic amines) is 1. The van der Waals surface area contributed by atoms with E-state index >= 15 is 0 Å². The SMILES string of the molecule is CCC1CCCN1Cc1cc(C(=O)NN)sc1C. The number of hydrazine groups is 1. The Balaban J connectivity index is 2.09. The number of thiophene rings is 1. The van der Waals surface area contributed by atoms with Crippen LogP contribution in [0.5, 0.6) is 0 Å². The first-order valence-corrected chi connectivity index (χ1v) is 7.31. The molecule has 0 bridgehead atoms. The van der Waals surface area contributed by atoms with Gasteiger partial charge in [0.25, 0.3) is 5.91 Å². The largest absolute Gasteiger partial charge is 0.296 e. The summed E-state index contributed by atoms with van der Waals surface area (Å²) in [5, 5.41) is 0. The molecule has 0 saturated carbocycles. The molecule has 1 aliphatic rings. The van der Waals surface area contributed by atoms with E-state index in [0.29, 0.717) is 10.9 Å². The normalized spacial score (nSPS) is 20.3. The minimum Gasteiger partial charge on any atom is -0.296 e. The second-order valence-electron chi connectivity index (χ2n) is 4.84. The average molecular weight is 267 g/mol. The molecule has 5 heteroatoms. The van der Waals surface area contributed by atoms with Crippen LogP contribution < -0.4 is 11.3 Å². The van der Waals surface area contributed by atoms with Crippen molar-refractivity contribution in [3.63, 3.8) is 0 Å². The first kappa shape index (κ1) is 13.5. The molecule has 0 radical (unpaired) electrons. The minimum atomic E-state index is -0.192. The van der Waals surface area contributed by atoms with E-state index < -0.39 is 0 Å². The zero-order valence-corrected chi connectivity index (χ0v) is 11.8. The fraction of sp³-hybridized carbons (Fsp3) is 0.615. The maximum Gasteiger partial charge on any atom is 0.275 e. The molecule has 0 spiro atoms. The van der Waals surface area contributed by atoms with Crippen LogP contribution >= 0.6 is 11.3 Å². The van der Waals surface area contributed by atoms with Gasteiger partial charge in [0.15, 0.2) is 0 Å². The lowest BCUT2D eigenvalue weighted by Gasteiger charge is -2.23. The summed E-state index contributed by atoms with van der Waals surface area (Å²) in [4.78, 5) is 15.9. The molecule has 2 rings (SSSR count). The standard InChI is InChI=1S/C13H21N3OS/c1-3-11-5-4-6-16(11)8-10-7-12(13(17)15-14)18-9(10)2/h7,11H,3-6,8,14H2,1-2H3,(H,15,17). The maximum absolute atomic E-state index is 11.5. The highest BCUT2D eigenvalue weighted by Gasteiger charge is 2.24. The molecule has 0 aromatic carbocycles. The summed E-state index contributed by atoms with van der Waals surface area (Å²) in [6, 6.07) is 2.68. The number of rotatable bonds is 4. The summed E-state index contributed by atoms with van der Waals surface area (Å²) >= 11 is 1.52. The monoisotopic (exact) mass is 267 g/mol. The van der Waals surface area contributed by atoms with Crippen LogP contribution in [0.3, 0.4) is 0 Å². The Bertz CT molecular complexity index is 430. The van der Waals surface area contributed by atoms with Crippen LogP contribution in [0.2, 0.25) is 0 Å². The predicted octanol–water partition coefficient (Wildman–Crippen LogP) is 2.03. The van der Waals surface area contributed by atoms with Crippen LogP contribution in [0, 0.1) is 6.92 Å². The van der Waals surface area contributed by atoms with Crippen molar-refractivity contribution in [2.24, 2.45) is 5.84 Å². The lowest BCUT2D eigenvalue weighted by Crippen LogP contribution is -2.29. The summed E-state index contributed by atoms with van der Waals surface area (Å²) in [5.41, 5.74) is 3.46. The van der Waals surface area contributed by atoms with Gasteiger partial charge in [-0.25, -0.2) is 5.84 Å². The Labute approximate surface area is 112 Å². The molecule has 18 heavy (non-hydrogen) atoms. The van der Waals surface area contributed by atoms with Crippen molar-refractivity contribution in [1.29, 1.82) is 0 Å². The van der Waals surface area contributed by atoms with Gasteiger partial charge in [-0.1, -0.05) is 6.92 Å². The summed E-state index contributed by atoms with van der Waals surface area (Å²) < 4.78 is 0. The third kappa shape index (κ3) is 2.74. The quantitative estimate of drug-likeness (QED) is 0.498. The number of hydrogen-bond acceptors (Lipinski definition) is 4. The van der Waals surface area contributed by atoms with Gasteiger partial charge >= 0.3 is 0 Å². The van der Waals surface area contributed by atoms with Crippen LogP contribution in [-0.2, 0) is 6.54 Å². The zero-order valence-electron chi connectivity index (χ0n) is 11.0. The number of aryl methyl sites for hydroxylation is 1. The molecule has 1 fully saturated rings. The van der Waals surface area contributed by atoms with E-state index in [1.54, 1.807) is 0 Å². The highest BCUT2D eigenvalue weighted by atomic mass is 32.1. The third-order valence-electron chi connectivity index (χ3n) is 3.72. The molecule has 0 aliphatic carbocycles. The smallest absolute Gasteiger partial charge is 0.275 e. The maximum atomic E-state index is 11.5. The van der Waals surface area contributed by atoms with Crippen LogP contribution in [-0.4, -0.2) is 23.4 Å². The topological polar surface area (TPSA) is 58.4 Å². The van der Waals surface area contributed by atoms with Crippen molar-refractivity contribution >= 4 is 17.2 Å². The average Bonchev–Trinajstić information content (AvgIpc) is 2.96. The zero-order chi connectivity index (χ0) is 13.1. The Morgan fingerprint density at radius 3 is 3.11 bits per heavy atom. The van der Waals surface area contributed by atoms with Gasteiger partial charge in [-0.2, -0.15) is 0 Å². The second-order valence-corrected chi connectivity index (χ2v) is 6.10. The summed E-state index contributed by atoms with van der Waals surface area (Å²) in [6.07, 6.45) is 3.80. The molecule has 1 aromatic heterocycles. The first-order chi connectivity index (χ1) is 8.65. The Kier molecular flexibility index (Phi) is 4.37. The first-order valence-electron chi connectivity index (χ1n) is 6.50. The lowest BCUT2D eigenvalue weighted by molar-refractivity contribution is 0.0957. The van der Waals surface area contributed by atoms with E-state index in [0.717, 1.165) is 6.54 Å². The highest BCUT2D eigenvalue weighted by molar-refractivity contribution is 7.14. The van der Waals surface area contributed by atoms with E-state index in [1.165, 1.54) is 47.6 Å². The van der Waals surface area contributed by atoms with E-state index in [9.17, 15) is 4.79 Å². The Hall–Kier alpha value is -0.910. The van der Waals surface area contributed by atoms with Crippen LogP contribution in [0.15, 0.2) is 6.07 Å². The van der Waals surface area contributed by atoms with E-state index in [4.69, 9.17) is 5.84 Å². The summed E-state index contributed by atoms with van der Waals surface area (Å²) in [7, 11) is 0. The number of amides is 1. The Morgan fingerprint density at radius 2 is 2.44 bits per heavy atom. The van der Waals surface area contributed by atoms with Gasteiger partial charge in [-0.3, -0.25) is 15.1 Å². The van der Waals surface area contributed by atoms with Gasteiger partial charge in [-0.15, -0.1) is 11.3 Å². The van der Waals surface area contributed by atoms with Crippen molar-refractivity contribution in [1.82, 2.24) is 10.3 Å². The number of carbonyl (C=O) groups is 1. The van der Waals surface area contributed by atoms with Crippen molar-refractivity contribution in [2.75, 3.05) is 6.54 Å². The second kappa shape index (κ2) is 5.82. The van der Waals surface area contributed by atoms with Crippen molar-refractivity contribution in [3.8, 4) is 0 Å². The molecule has 4 nitrogen and oxygen atoms in total. The van der Waals surface area contributed by atoms with Gasteiger partial charge in [-0.05, 0) is 44.4 Å². The van der Waals surface area contributed by atoms with Crippen molar-refractivity contribution < 1.29 is 4.79 Å². The summed E-state index contributed by atoms with van der Waals surface area (Å²) in [5.74, 6) is 4.98. The van der Waals surface area contributed by atoms with Gasteiger partial charge in [0.1, 0.15) is 0 Å². The summed E-state index contributed by atoms with van der Waals surface area (Å²) in [6.45, 7) is 6.45. The molecule has 2 heterocycles. The minimum absolute atomic E-state index is 0.192. The molecule has 1 amide bonds. The molecule has 1 unspecified atom stereocenters. The molecule has 100 valence electrons. The number of nitrogens with two attached hydrogens (primary N) is 1. The number of hydrogen-bond donors (Lipinski definition) is 2. The highest BCUT2D eigenvalue weighted by Crippen LogP contribution is 2.27. The molecular formula is C13H21N3OS. The van der Waals surface area contributed by atoms with E-state index in [-0.39, 0.29) is 5.91 Å². The number of nitrogens with one attached hydrogen (secondary N) is 1. The van der Waals surface area contributed by atoms with E-state index in [2.05, 4.69) is 24.2 Å². The molecular weight excluding hydrogens is 246 g/mol. The number of nitrogen functional groups attached to an aromatic ring is 1. The van der Waals surface area contributed by atoms with E-state index in [1.807, 2.05) is 6.07 Å². The Morgan fingerprint density at radius 1 is 1.67 bits per heavy atom. The molecule has 1 atom stereocenters.